The number of pyridine rings is 2. The van der Waals surface area contributed by atoms with Gasteiger partial charge in [0.15, 0.2) is 0 Å². The van der Waals surface area contributed by atoms with Crippen molar-refractivity contribution < 1.29 is 0 Å². The Balaban J connectivity index is 1.33. The zero-order valence-corrected chi connectivity index (χ0v) is 20.5. The van der Waals surface area contributed by atoms with E-state index in [2.05, 4.69) is 71.2 Å². The van der Waals surface area contributed by atoms with Crippen LogP contribution in [0.3, 0.4) is 0 Å². The molecule has 0 aliphatic heterocycles. The molecule has 3 aliphatic rings. The summed E-state index contributed by atoms with van der Waals surface area (Å²) in [6, 6.07) is 24.5. The lowest BCUT2D eigenvalue weighted by Crippen LogP contribution is -2.17. The molecule has 3 aliphatic carbocycles. The summed E-state index contributed by atoms with van der Waals surface area (Å²) in [6.45, 7) is 4.74. The van der Waals surface area contributed by atoms with E-state index >= 15 is 0 Å². The minimum Gasteiger partial charge on any atom is -0.295 e. The molecule has 4 aromatic rings. The third-order valence-corrected chi connectivity index (χ3v) is 8.91. The van der Waals surface area contributed by atoms with Crippen LogP contribution in [0.5, 0.6) is 0 Å². The standard InChI is InChI=1S/C32H31N3/c1-32(2)29-11-8-23(27-18-21-6-7-22(27)17-21)19-28(29)26-10-9-25(20-30(26)32)35(24-12-15-33-16-13-24)31-5-3-4-14-34-31/h3-5,8-16,19-22,27H,6-7,17-18H2,1-2H3. The minimum atomic E-state index is -0.0398. The molecular formula is C32H31N3. The van der Waals surface area contributed by atoms with Gasteiger partial charge in [0.25, 0.3) is 0 Å². The van der Waals surface area contributed by atoms with Crippen molar-refractivity contribution in [1.29, 1.82) is 0 Å². The van der Waals surface area contributed by atoms with Crippen molar-refractivity contribution in [3.05, 3.63) is 102 Å². The fourth-order valence-corrected chi connectivity index (χ4v) is 7.17. The van der Waals surface area contributed by atoms with Gasteiger partial charge in [-0.1, -0.05) is 50.6 Å². The summed E-state index contributed by atoms with van der Waals surface area (Å²) in [6.07, 6.45) is 11.3. The molecule has 3 unspecified atom stereocenters. The average molecular weight is 458 g/mol. The molecule has 2 aromatic carbocycles. The van der Waals surface area contributed by atoms with Gasteiger partial charge >= 0.3 is 0 Å². The highest BCUT2D eigenvalue weighted by Gasteiger charge is 2.41. The summed E-state index contributed by atoms with van der Waals surface area (Å²) < 4.78 is 0. The molecule has 3 nitrogen and oxygen atoms in total. The summed E-state index contributed by atoms with van der Waals surface area (Å²) in [5, 5.41) is 0. The van der Waals surface area contributed by atoms with Gasteiger partial charge < -0.3 is 0 Å². The second-order valence-corrected chi connectivity index (χ2v) is 11.2. The second kappa shape index (κ2) is 7.78. The normalized spacial score (nSPS) is 23.2. The van der Waals surface area contributed by atoms with Crippen LogP contribution < -0.4 is 4.90 Å². The van der Waals surface area contributed by atoms with Crippen LogP contribution in [0.25, 0.3) is 11.1 Å². The van der Waals surface area contributed by atoms with Crippen LogP contribution >= 0.6 is 0 Å². The maximum atomic E-state index is 4.68. The number of aromatic nitrogens is 2. The van der Waals surface area contributed by atoms with E-state index in [4.69, 9.17) is 0 Å². The van der Waals surface area contributed by atoms with Crippen molar-refractivity contribution in [3.63, 3.8) is 0 Å². The Morgan fingerprint density at radius 3 is 2.40 bits per heavy atom. The predicted octanol–water partition coefficient (Wildman–Crippen LogP) is 8.16. The summed E-state index contributed by atoms with van der Waals surface area (Å²) in [5.41, 5.74) is 9.38. The number of anilines is 3. The smallest absolute Gasteiger partial charge is 0.137 e. The van der Waals surface area contributed by atoms with Gasteiger partial charge in [0, 0.05) is 29.7 Å². The molecule has 174 valence electrons. The third kappa shape index (κ3) is 3.25. The van der Waals surface area contributed by atoms with E-state index in [1.165, 1.54) is 47.9 Å². The summed E-state index contributed by atoms with van der Waals surface area (Å²) in [7, 11) is 0. The minimum absolute atomic E-state index is 0.0398. The van der Waals surface area contributed by atoms with E-state index in [0.717, 1.165) is 34.9 Å². The van der Waals surface area contributed by atoms with Crippen LogP contribution in [0.15, 0.2) is 85.3 Å². The first-order valence-electron chi connectivity index (χ1n) is 13.0. The summed E-state index contributed by atoms with van der Waals surface area (Å²) in [4.78, 5) is 11.1. The van der Waals surface area contributed by atoms with Gasteiger partial charge in [-0.05, 0) is 101 Å². The van der Waals surface area contributed by atoms with E-state index in [1.54, 1.807) is 5.56 Å². The van der Waals surface area contributed by atoms with Crippen molar-refractivity contribution >= 4 is 17.2 Å². The lowest BCUT2D eigenvalue weighted by Gasteiger charge is -2.27. The van der Waals surface area contributed by atoms with Crippen molar-refractivity contribution in [1.82, 2.24) is 9.97 Å². The monoisotopic (exact) mass is 457 g/mol. The van der Waals surface area contributed by atoms with Gasteiger partial charge in [0.2, 0.25) is 0 Å². The lowest BCUT2D eigenvalue weighted by atomic mass is 9.80. The fraction of sp³-hybridized carbons (Fsp3) is 0.312. The molecule has 7 rings (SSSR count). The molecule has 2 aromatic heterocycles. The summed E-state index contributed by atoms with van der Waals surface area (Å²) in [5.74, 6) is 3.54. The molecule has 2 heterocycles. The molecule has 3 atom stereocenters. The van der Waals surface area contributed by atoms with E-state index in [9.17, 15) is 0 Å². The van der Waals surface area contributed by atoms with Gasteiger partial charge in [-0.2, -0.15) is 0 Å². The topological polar surface area (TPSA) is 29.0 Å². The van der Waals surface area contributed by atoms with Crippen LogP contribution in [0.1, 0.15) is 62.1 Å². The highest BCUT2D eigenvalue weighted by atomic mass is 15.2. The Morgan fingerprint density at radius 2 is 1.66 bits per heavy atom. The molecule has 2 bridgehead atoms. The van der Waals surface area contributed by atoms with Gasteiger partial charge in [0.1, 0.15) is 5.82 Å². The Kier molecular flexibility index (Phi) is 4.64. The first kappa shape index (κ1) is 20.9. The second-order valence-electron chi connectivity index (χ2n) is 11.2. The first-order valence-corrected chi connectivity index (χ1v) is 13.0. The first-order chi connectivity index (χ1) is 17.1. The van der Waals surface area contributed by atoms with Crippen molar-refractivity contribution in [3.8, 4) is 11.1 Å². The molecule has 2 fully saturated rings. The van der Waals surface area contributed by atoms with E-state index in [0.29, 0.717) is 0 Å². The van der Waals surface area contributed by atoms with Gasteiger partial charge in [0.05, 0.1) is 5.69 Å². The van der Waals surface area contributed by atoms with Crippen molar-refractivity contribution in [2.45, 2.75) is 50.9 Å². The van der Waals surface area contributed by atoms with Gasteiger partial charge in [-0.25, -0.2) is 4.98 Å². The number of benzene rings is 2. The molecule has 35 heavy (non-hydrogen) atoms. The molecule has 0 radical (unpaired) electrons. The number of hydrogen-bond acceptors (Lipinski definition) is 3. The van der Waals surface area contributed by atoms with Gasteiger partial charge in [-0.3, -0.25) is 9.88 Å². The van der Waals surface area contributed by atoms with Crippen LogP contribution in [-0.2, 0) is 5.41 Å². The van der Waals surface area contributed by atoms with Gasteiger partial charge in [-0.15, -0.1) is 0 Å². The lowest BCUT2D eigenvalue weighted by molar-refractivity contribution is 0.420. The van der Waals surface area contributed by atoms with E-state index in [-0.39, 0.29) is 5.41 Å². The third-order valence-electron chi connectivity index (χ3n) is 8.91. The number of fused-ring (bicyclic) bond motifs is 5. The van der Waals surface area contributed by atoms with E-state index in [1.807, 2.05) is 42.9 Å². The Labute approximate surface area is 207 Å². The Hall–Kier alpha value is -3.46. The molecule has 2 saturated carbocycles. The fourth-order valence-electron chi connectivity index (χ4n) is 7.17. The molecule has 0 N–H and O–H groups in total. The van der Waals surface area contributed by atoms with E-state index < -0.39 is 0 Å². The maximum absolute atomic E-state index is 4.68. The van der Waals surface area contributed by atoms with Crippen molar-refractivity contribution in [2.24, 2.45) is 11.8 Å². The highest BCUT2D eigenvalue weighted by Crippen LogP contribution is 2.55. The molecule has 0 amide bonds. The number of hydrogen-bond donors (Lipinski definition) is 0. The zero-order valence-electron chi connectivity index (χ0n) is 20.5. The quantitative estimate of drug-likeness (QED) is 0.309. The molecule has 0 spiro atoms. The Morgan fingerprint density at radius 1 is 0.771 bits per heavy atom. The molecule has 0 saturated heterocycles. The predicted molar refractivity (Wildman–Crippen MR) is 142 cm³/mol. The van der Waals surface area contributed by atoms with Crippen LogP contribution in [-0.4, -0.2) is 9.97 Å². The van der Waals surface area contributed by atoms with Crippen molar-refractivity contribution in [2.75, 3.05) is 4.90 Å². The highest BCUT2D eigenvalue weighted by molar-refractivity contribution is 5.85. The number of rotatable bonds is 4. The molecular weight excluding hydrogens is 426 g/mol. The zero-order chi connectivity index (χ0) is 23.6. The average Bonchev–Trinajstić information content (AvgIpc) is 3.59. The number of nitrogens with zero attached hydrogens (tertiary/aromatic N) is 3. The maximum Gasteiger partial charge on any atom is 0.137 e. The largest absolute Gasteiger partial charge is 0.295 e. The van der Waals surface area contributed by atoms with Crippen LogP contribution in [0.4, 0.5) is 17.2 Å². The Bertz CT molecular complexity index is 1350. The van der Waals surface area contributed by atoms with Crippen LogP contribution in [0.2, 0.25) is 0 Å². The SMILES string of the molecule is CC1(C)c2ccc(C3CC4CCC3C4)cc2-c2ccc(N(c3ccncc3)c3ccccn3)cc21. The molecule has 3 heteroatoms. The van der Waals surface area contributed by atoms with Crippen LogP contribution in [0, 0.1) is 11.8 Å². The summed E-state index contributed by atoms with van der Waals surface area (Å²) >= 11 is 0.